The molecule has 3 nitrogen and oxygen atoms in total. The zero-order valence-corrected chi connectivity index (χ0v) is 9.55. The summed E-state index contributed by atoms with van der Waals surface area (Å²) in [5.41, 5.74) is 5.36. The maximum absolute atomic E-state index is 12.9. The summed E-state index contributed by atoms with van der Waals surface area (Å²) in [5, 5.41) is 2.55. The average Bonchev–Trinajstić information content (AvgIpc) is 2.29. The molecule has 0 saturated heterocycles. The summed E-state index contributed by atoms with van der Waals surface area (Å²) in [5.74, 6) is -4.62. The Bertz CT molecular complexity index is 449. The van der Waals surface area contributed by atoms with Crippen molar-refractivity contribution in [2.75, 3.05) is 6.54 Å². The molecule has 2 rings (SSSR count). The topological polar surface area (TPSA) is 55.1 Å². The first kappa shape index (κ1) is 12.9. The lowest BCUT2D eigenvalue weighted by Crippen LogP contribution is -2.42. The van der Waals surface area contributed by atoms with Crippen LogP contribution in [0.5, 0.6) is 0 Å². The number of halogens is 3. The number of rotatable bonds is 3. The van der Waals surface area contributed by atoms with Gasteiger partial charge in [-0.15, -0.1) is 0 Å². The third-order valence-corrected chi connectivity index (χ3v) is 3.07. The smallest absolute Gasteiger partial charge is 0.251 e. The number of carbonyl (C=O) groups is 1. The molecule has 0 atom stereocenters. The Labute approximate surface area is 102 Å². The molecule has 0 aromatic heterocycles. The molecule has 3 N–H and O–H groups in total. The Kier molecular flexibility index (Phi) is 3.56. The van der Waals surface area contributed by atoms with Gasteiger partial charge in [-0.05, 0) is 30.9 Å². The summed E-state index contributed by atoms with van der Waals surface area (Å²) < 4.78 is 38.5. The molecule has 1 aromatic carbocycles. The van der Waals surface area contributed by atoms with E-state index >= 15 is 0 Å². The quantitative estimate of drug-likeness (QED) is 0.809. The second-order valence-corrected chi connectivity index (χ2v) is 4.56. The fourth-order valence-electron chi connectivity index (χ4n) is 1.98. The van der Waals surface area contributed by atoms with Crippen molar-refractivity contribution in [3.8, 4) is 0 Å². The molecule has 1 amide bonds. The van der Waals surface area contributed by atoms with E-state index < -0.39 is 23.4 Å². The van der Waals surface area contributed by atoms with Gasteiger partial charge < -0.3 is 11.1 Å². The van der Waals surface area contributed by atoms with Crippen LogP contribution in [-0.2, 0) is 0 Å². The molecule has 1 aliphatic rings. The molecular formula is C12H13F3N2O. The maximum Gasteiger partial charge on any atom is 0.251 e. The van der Waals surface area contributed by atoms with Crippen molar-refractivity contribution >= 4 is 5.91 Å². The first-order chi connectivity index (χ1) is 8.47. The number of benzene rings is 1. The maximum atomic E-state index is 12.9. The Morgan fingerprint density at radius 3 is 2.33 bits per heavy atom. The van der Waals surface area contributed by atoms with E-state index in [2.05, 4.69) is 5.32 Å². The zero-order chi connectivity index (χ0) is 13.3. The monoisotopic (exact) mass is 258 g/mol. The van der Waals surface area contributed by atoms with Gasteiger partial charge in [-0.1, -0.05) is 0 Å². The van der Waals surface area contributed by atoms with Crippen molar-refractivity contribution < 1.29 is 18.0 Å². The lowest BCUT2D eigenvalue weighted by molar-refractivity contribution is 0.0934. The van der Waals surface area contributed by atoms with E-state index in [1.807, 2.05) is 0 Å². The van der Waals surface area contributed by atoms with E-state index in [0.717, 1.165) is 12.8 Å². The van der Waals surface area contributed by atoms with Crippen LogP contribution >= 0.6 is 0 Å². The summed E-state index contributed by atoms with van der Waals surface area (Å²) in [7, 11) is 0. The number of nitrogens with one attached hydrogen (secondary N) is 1. The van der Waals surface area contributed by atoms with Gasteiger partial charge in [0, 0.05) is 18.2 Å². The SMILES string of the molecule is NC1CC(CNC(=O)c2cc(F)c(F)c(F)c2)C1. The molecule has 0 bridgehead atoms. The minimum absolute atomic E-state index is 0.174. The third kappa shape index (κ3) is 2.64. The lowest BCUT2D eigenvalue weighted by atomic mass is 9.81. The highest BCUT2D eigenvalue weighted by atomic mass is 19.2. The molecule has 0 unspecified atom stereocenters. The van der Waals surface area contributed by atoms with Gasteiger partial charge in [0.25, 0.3) is 5.91 Å². The van der Waals surface area contributed by atoms with Crippen LogP contribution in [0.2, 0.25) is 0 Å². The predicted octanol–water partition coefficient (Wildman–Crippen LogP) is 1.57. The predicted molar refractivity (Wildman–Crippen MR) is 59.3 cm³/mol. The average molecular weight is 258 g/mol. The Morgan fingerprint density at radius 1 is 1.28 bits per heavy atom. The van der Waals surface area contributed by atoms with Crippen molar-refractivity contribution in [3.63, 3.8) is 0 Å². The van der Waals surface area contributed by atoms with E-state index in [1.165, 1.54) is 0 Å². The van der Waals surface area contributed by atoms with Gasteiger partial charge in [-0.3, -0.25) is 4.79 Å². The molecule has 1 aromatic rings. The van der Waals surface area contributed by atoms with E-state index in [9.17, 15) is 18.0 Å². The Hall–Kier alpha value is -1.56. The molecule has 18 heavy (non-hydrogen) atoms. The molecule has 98 valence electrons. The second kappa shape index (κ2) is 4.97. The van der Waals surface area contributed by atoms with Gasteiger partial charge in [-0.2, -0.15) is 0 Å². The second-order valence-electron chi connectivity index (χ2n) is 4.56. The lowest BCUT2D eigenvalue weighted by Gasteiger charge is -2.32. The molecule has 1 fully saturated rings. The minimum Gasteiger partial charge on any atom is -0.352 e. The molecule has 0 heterocycles. The van der Waals surface area contributed by atoms with Crippen molar-refractivity contribution in [2.24, 2.45) is 11.7 Å². The highest BCUT2D eigenvalue weighted by Crippen LogP contribution is 2.24. The van der Waals surface area contributed by atoms with Gasteiger partial charge >= 0.3 is 0 Å². The summed E-state index contributed by atoms with van der Waals surface area (Å²) in [4.78, 5) is 11.6. The fraction of sp³-hybridized carbons (Fsp3) is 0.417. The van der Waals surface area contributed by atoms with Crippen molar-refractivity contribution in [1.29, 1.82) is 0 Å². The van der Waals surface area contributed by atoms with Crippen LogP contribution in [-0.4, -0.2) is 18.5 Å². The van der Waals surface area contributed by atoms with E-state index in [0.29, 0.717) is 24.6 Å². The van der Waals surface area contributed by atoms with E-state index in [-0.39, 0.29) is 11.6 Å². The Balaban J connectivity index is 1.96. The van der Waals surface area contributed by atoms with Crippen LogP contribution in [0.1, 0.15) is 23.2 Å². The molecule has 0 aliphatic heterocycles. The highest BCUT2D eigenvalue weighted by Gasteiger charge is 2.26. The van der Waals surface area contributed by atoms with Gasteiger partial charge in [0.05, 0.1) is 0 Å². The first-order valence-electron chi connectivity index (χ1n) is 5.65. The van der Waals surface area contributed by atoms with Gasteiger partial charge in [0.2, 0.25) is 0 Å². The summed E-state index contributed by atoms with van der Waals surface area (Å²) in [6.07, 6.45) is 1.65. The van der Waals surface area contributed by atoms with Gasteiger partial charge in [0.15, 0.2) is 17.5 Å². The van der Waals surface area contributed by atoms with Crippen LogP contribution in [0.15, 0.2) is 12.1 Å². The summed E-state index contributed by atoms with van der Waals surface area (Å²) in [6, 6.07) is 1.54. The number of hydrogen-bond acceptors (Lipinski definition) is 2. The number of nitrogens with two attached hydrogens (primary N) is 1. The third-order valence-electron chi connectivity index (χ3n) is 3.07. The normalized spacial score (nSPS) is 22.4. The molecule has 0 spiro atoms. The molecule has 6 heteroatoms. The molecule has 0 radical (unpaired) electrons. The van der Waals surface area contributed by atoms with Crippen LogP contribution in [0.25, 0.3) is 0 Å². The van der Waals surface area contributed by atoms with Crippen LogP contribution in [0.3, 0.4) is 0 Å². The molecular weight excluding hydrogens is 245 g/mol. The van der Waals surface area contributed by atoms with Gasteiger partial charge in [0.1, 0.15) is 0 Å². The Morgan fingerprint density at radius 2 is 1.83 bits per heavy atom. The van der Waals surface area contributed by atoms with Crippen LogP contribution in [0, 0.1) is 23.4 Å². The van der Waals surface area contributed by atoms with Crippen molar-refractivity contribution in [3.05, 3.63) is 35.1 Å². The van der Waals surface area contributed by atoms with Gasteiger partial charge in [-0.25, -0.2) is 13.2 Å². The summed E-state index contributed by atoms with van der Waals surface area (Å²) >= 11 is 0. The van der Waals surface area contributed by atoms with Crippen LogP contribution < -0.4 is 11.1 Å². The number of hydrogen-bond donors (Lipinski definition) is 2. The van der Waals surface area contributed by atoms with Crippen molar-refractivity contribution in [2.45, 2.75) is 18.9 Å². The minimum atomic E-state index is -1.57. The largest absolute Gasteiger partial charge is 0.352 e. The highest BCUT2D eigenvalue weighted by molar-refractivity contribution is 5.94. The van der Waals surface area contributed by atoms with Crippen LogP contribution in [0.4, 0.5) is 13.2 Å². The van der Waals surface area contributed by atoms with E-state index in [4.69, 9.17) is 5.73 Å². The number of carbonyl (C=O) groups excluding carboxylic acids is 1. The summed E-state index contributed by atoms with van der Waals surface area (Å²) in [6.45, 7) is 0.410. The standard InChI is InChI=1S/C12H13F3N2O/c13-9-3-7(4-10(14)11(9)15)12(18)17-5-6-1-8(16)2-6/h3-4,6,8H,1-2,5,16H2,(H,17,18). The zero-order valence-electron chi connectivity index (χ0n) is 9.55. The molecule has 1 aliphatic carbocycles. The fourth-order valence-corrected chi connectivity index (χ4v) is 1.98. The number of amides is 1. The van der Waals surface area contributed by atoms with Crippen molar-refractivity contribution in [1.82, 2.24) is 5.32 Å². The first-order valence-corrected chi connectivity index (χ1v) is 5.65. The molecule has 1 saturated carbocycles. The van der Waals surface area contributed by atoms with E-state index in [1.54, 1.807) is 0 Å².